The minimum absolute atomic E-state index is 0.0946. The summed E-state index contributed by atoms with van der Waals surface area (Å²) in [4.78, 5) is 56.5. The van der Waals surface area contributed by atoms with E-state index >= 15 is 0 Å². The summed E-state index contributed by atoms with van der Waals surface area (Å²) in [5, 5.41) is 5.85. The summed E-state index contributed by atoms with van der Waals surface area (Å²) in [5.74, 6) is 1.05. The maximum Gasteiger partial charge on any atom is 0.333 e. The molecule has 2 N–H and O–H groups in total. The number of thioether (sulfide) groups is 1. The Kier molecular flexibility index (Phi) is 7.35. The number of hydrogen-bond acceptors (Lipinski definition) is 7. The number of para-hydroxylation sites is 2. The van der Waals surface area contributed by atoms with E-state index in [1.54, 1.807) is 28.8 Å². The molecule has 12 heteroatoms. The number of benzene rings is 1. The zero-order valence-corrected chi connectivity index (χ0v) is 22.6. The molecule has 2 aromatic heterocycles. The van der Waals surface area contributed by atoms with Crippen molar-refractivity contribution < 1.29 is 18.7 Å². The number of carbonyl (C=O) groups is 2. The molecule has 0 spiro atoms. The van der Waals surface area contributed by atoms with Gasteiger partial charge in [0.15, 0.2) is 6.10 Å². The number of nitrogens with zero attached hydrogens (tertiary/aromatic N) is 3. The topological polar surface area (TPSA) is 124 Å². The minimum Gasteiger partial charge on any atom is -0.478 e. The Morgan fingerprint density at radius 3 is 2.55 bits per heavy atom. The van der Waals surface area contributed by atoms with Crippen molar-refractivity contribution in [3.8, 4) is 5.75 Å². The highest BCUT2D eigenvalue weighted by Gasteiger charge is 2.32. The number of pyridine rings is 1. The number of rotatable bonds is 5. The van der Waals surface area contributed by atoms with Gasteiger partial charge in [0, 0.05) is 18.1 Å². The summed E-state index contributed by atoms with van der Waals surface area (Å²) in [6.45, 7) is 0. The van der Waals surface area contributed by atoms with E-state index in [2.05, 4.69) is 15.6 Å². The second-order valence-corrected chi connectivity index (χ2v) is 11.8. The van der Waals surface area contributed by atoms with Crippen LogP contribution in [0.4, 0.5) is 10.1 Å². The van der Waals surface area contributed by atoms with Gasteiger partial charge >= 0.3 is 5.69 Å². The first-order valence-electron chi connectivity index (χ1n) is 13.6. The van der Waals surface area contributed by atoms with Crippen molar-refractivity contribution in [3.63, 3.8) is 0 Å². The zero-order chi connectivity index (χ0) is 27.8. The third kappa shape index (κ3) is 5.12. The van der Waals surface area contributed by atoms with Crippen LogP contribution in [0.2, 0.25) is 0 Å². The molecule has 2 fully saturated rings. The second kappa shape index (κ2) is 11.1. The van der Waals surface area contributed by atoms with E-state index in [1.807, 2.05) is 11.8 Å². The van der Waals surface area contributed by atoms with Crippen LogP contribution in [0.1, 0.15) is 57.0 Å². The summed E-state index contributed by atoms with van der Waals surface area (Å²) < 4.78 is 22.7. The fourth-order valence-electron chi connectivity index (χ4n) is 5.96. The van der Waals surface area contributed by atoms with Gasteiger partial charge in [-0.1, -0.05) is 12.1 Å². The Bertz CT molecular complexity index is 1580. The van der Waals surface area contributed by atoms with Gasteiger partial charge < -0.3 is 15.4 Å². The van der Waals surface area contributed by atoms with Crippen molar-refractivity contribution in [2.75, 3.05) is 16.8 Å². The second-order valence-electron chi connectivity index (χ2n) is 10.6. The lowest BCUT2D eigenvalue weighted by molar-refractivity contribution is -0.131. The largest absolute Gasteiger partial charge is 0.478 e. The number of halogens is 1. The van der Waals surface area contributed by atoms with Crippen molar-refractivity contribution in [1.82, 2.24) is 19.4 Å². The van der Waals surface area contributed by atoms with Crippen LogP contribution in [-0.2, 0) is 9.59 Å². The molecular formula is C28H30FN5O5S. The normalized spacial score (nSPS) is 23.2. The number of anilines is 1. The fourth-order valence-corrected chi connectivity index (χ4v) is 7.04. The van der Waals surface area contributed by atoms with Crippen molar-refractivity contribution in [1.29, 1.82) is 0 Å². The van der Waals surface area contributed by atoms with Crippen LogP contribution in [0.5, 0.6) is 5.75 Å². The number of amides is 2. The van der Waals surface area contributed by atoms with E-state index < -0.39 is 23.2 Å². The van der Waals surface area contributed by atoms with Crippen molar-refractivity contribution in [2.24, 2.45) is 0 Å². The van der Waals surface area contributed by atoms with Crippen LogP contribution in [0, 0.1) is 5.82 Å². The van der Waals surface area contributed by atoms with Crippen LogP contribution in [0.3, 0.4) is 0 Å². The first-order chi connectivity index (χ1) is 19.4. The summed E-state index contributed by atoms with van der Waals surface area (Å²) >= 11 is 1.83. The average Bonchev–Trinajstić information content (AvgIpc) is 2.95. The zero-order valence-electron chi connectivity index (χ0n) is 21.8. The van der Waals surface area contributed by atoms with E-state index in [1.165, 1.54) is 10.6 Å². The summed E-state index contributed by atoms with van der Waals surface area (Å²) in [7, 11) is 0. The Hall–Kier alpha value is -3.67. The van der Waals surface area contributed by atoms with Gasteiger partial charge in [0.2, 0.25) is 5.91 Å². The predicted octanol–water partition coefficient (Wildman–Crippen LogP) is 3.16. The summed E-state index contributed by atoms with van der Waals surface area (Å²) in [6, 6.07) is 7.61. The molecule has 1 atom stereocenters. The molecule has 4 heterocycles. The van der Waals surface area contributed by atoms with Gasteiger partial charge in [0.25, 0.3) is 11.5 Å². The molecule has 6 rings (SSSR count). The Morgan fingerprint density at radius 1 is 1.05 bits per heavy atom. The Balaban J connectivity index is 1.16. The molecule has 1 saturated heterocycles. The number of ether oxygens (including phenoxy) is 1. The number of aromatic nitrogens is 3. The Morgan fingerprint density at radius 2 is 1.77 bits per heavy atom. The highest BCUT2D eigenvalue weighted by molar-refractivity contribution is 7.99. The molecule has 3 aliphatic rings. The monoisotopic (exact) mass is 567 g/mol. The Labute approximate surface area is 233 Å². The fraction of sp³-hybridized carbons (Fsp3) is 0.464. The van der Waals surface area contributed by atoms with Gasteiger partial charge in [0.05, 0.1) is 23.7 Å². The van der Waals surface area contributed by atoms with Crippen LogP contribution >= 0.6 is 11.8 Å². The lowest BCUT2D eigenvalue weighted by atomic mass is 9.90. The molecule has 0 bridgehead atoms. The van der Waals surface area contributed by atoms with Gasteiger partial charge in [0.1, 0.15) is 17.2 Å². The van der Waals surface area contributed by atoms with E-state index in [0.717, 1.165) is 30.5 Å². The highest BCUT2D eigenvalue weighted by atomic mass is 32.2. The van der Waals surface area contributed by atoms with Crippen LogP contribution in [-0.4, -0.2) is 49.6 Å². The molecule has 210 valence electrons. The van der Waals surface area contributed by atoms with Gasteiger partial charge in [-0.15, -0.1) is 0 Å². The molecule has 1 unspecified atom stereocenters. The van der Waals surface area contributed by atoms with Crippen molar-refractivity contribution in [3.05, 3.63) is 63.2 Å². The molecule has 0 radical (unpaired) electrons. The molecule has 10 nitrogen and oxygen atoms in total. The van der Waals surface area contributed by atoms with E-state index in [4.69, 9.17) is 4.74 Å². The molecule has 2 amide bonds. The first kappa shape index (κ1) is 26.5. The molecular weight excluding hydrogens is 537 g/mol. The summed E-state index contributed by atoms with van der Waals surface area (Å²) in [6.07, 6.45) is 3.69. The standard InChI is InChI=1S/C28H30FN5O5S/c29-16-13-20-25(30-15-16)33(19-9-11-40-12-10-19)28(38)34(27(20)37)18-7-5-17(6-8-18)31-24(35)14-23-26(36)32-21-3-1-2-4-22(21)39-23/h1-4,13,15,17-19,23H,5-12,14H2,(H,31,35)(H,32,36). The minimum atomic E-state index is -0.923. The first-order valence-corrected chi connectivity index (χ1v) is 14.8. The van der Waals surface area contributed by atoms with Crippen LogP contribution in [0.25, 0.3) is 11.0 Å². The average molecular weight is 568 g/mol. The lowest BCUT2D eigenvalue weighted by Gasteiger charge is -2.32. The molecule has 40 heavy (non-hydrogen) atoms. The van der Waals surface area contributed by atoms with Crippen molar-refractivity contribution in [2.45, 2.75) is 69.2 Å². The predicted molar refractivity (Wildman–Crippen MR) is 149 cm³/mol. The number of carbonyl (C=O) groups excluding carboxylic acids is 2. The maximum absolute atomic E-state index is 14.1. The number of fused-ring (bicyclic) bond motifs is 2. The van der Waals surface area contributed by atoms with Gasteiger partial charge in [-0.2, -0.15) is 11.8 Å². The molecule has 1 aromatic carbocycles. The highest BCUT2D eigenvalue weighted by Crippen LogP contribution is 2.31. The van der Waals surface area contributed by atoms with E-state index in [0.29, 0.717) is 37.1 Å². The van der Waals surface area contributed by atoms with Crippen LogP contribution < -0.4 is 26.6 Å². The SMILES string of the molecule is O=C(CC1Oc2ccccc2NC1=O)NC1CCC(n2c(=O)c3cc(F)cnc3n(C3CCSCC3)c2=O)CC1. The van der Waals surface area contributed by atoms with Gasteiger partial charge in [-0.3, -0.25) is 23.5 Å². The molecule has 3 aromatic rings. The smallest absolute Gasteiger partial charge is 0.333 e. The van der Waals surface area contributed by atoms with Crippen molar-refractivity contribution >= 4 is 40.3 Å². The number of nitrogens with one attached hydrogen (secondary N) is 2. The van der Waals surface area contributed by atoms with Crippen LogP contribution in [0.15, 0.2) is 46.1 Å². The quantitative estimate of drug-likeness (QED) is 0.485. The van der Waals surface area contributed by atoms with Gasteiger partial charge in [-0.05, 0) is 68.2 Å². The summed E-state index contributed by atoms with van der Waals surface area (Å²) in [5.41, 5.74) is -0.114. The molecule has 2 aliphatic heterocycles. The van der Waals surface area contributed by atoms with Gasteiger partial charge in [-0.25, -0.2) is 14.2 Å². The maximum atomic E-state index is 14.1. The number of hydrogen-bond donors (Lipinski definition) is 2. The van der Waals surface area contributed by atoms with E-state index in [-0.39, 0.29) is 47.4 Å². The lowest BCUT2D eigenvalue weighted by Crippen LogP contribution is -2.47. The van der Waals surface area contributed by atoms with E-state index in [9.17, 15) is 23.6 Å². The third-order valence-electron chi connectivity index (χ3n) is 7.98. The third-order valence-corrected chi connectivity index (χ3v) is 9.03. The molecule has 1 aliphatic carbocycles. The molecule has 1 saturated carbocycles.